The maximum absolute atomic E-state index is 13.4. The number of rotatable bonds is 2. The van der Waals surface area contributed by atoms with Gasteiger partial charge in [-0.3, -0.25) is 4.79 Å². The van der Waals surface area contributed by atoms with Crippen molar-refractivity contribution in [3.63, 3.8) is 0 Å². The molecule has 1 aliphatic heterocycles. The van der Waals surface area contributed by atoms with Crippen LogP contribution in [0.4, 0.5) is 10.1 Å². The fourth-order valence-corrected chi connectivity index (χ4v) is 2.93. The molecule has 114 valence electrons. The number of carbonyl (C=O) groups is 2. The van der Waals surface area contributed by atoms with E-state index in [1.54, 1.807) is 0 Å². The average Bonchev–Trinajstić information content (AvgIpc) is 2.49. The van der Waals surface area contributed by atoms with Crippen molar-refractivity contribution in [1.82, 2.24) is 4.90 Å². The smallest absolute Gasteiger partial charge is 0.328 e. The molecule has 1 aromatic rings. The van der Waals surface area contributed by atoms with Gasteiger partial charge in [0.2, 0.25) is 0 Å². The van der Waals surface area contributed by atoms with Gasteiger partial charge in [0.05, 0.1) is 18.4 Å². The molecule has 5 nitrogen and oxygen atoms in total. The van der Waals surface area contributed by atoms with Gasteiger partial charge in [-0.05, 0) is 47.3 Å². The number of amides is 1. The van der Waals surface area contributed by atoms with Gasteiger partial charge in [0.25, 0.3) is 5.91 Å². The summed E-state index contributed by atoms with van der Waals surface area (Å²) in [5, 5.41) is 0. The molecule has 1 amide bonds. The van der Waals surface area contributed by atoms with E-state index in [9.17, 15) is 14.0 Å². The van der Waals surface area contributed by atoms with Gasteiger partial charge in [-0.2, -0.15) is 0 Å². The monoisotopic (exact) mass is 358 g/mol. The summed E-state index contributed by atoms with van der Waals surface area (Å²) < 4.78 is 18.4. The summed E-state index contributed by atoms with van der Waals surface area (Å²) in [7, 11) is 1.30. The Kier molecular flexibility index (Phi) is 4.82. The van der Waals surface area contributed by atoms with E-state index in [1.807, 2.05) is 0 Å². The maximum Gasteiger partial charge on any atom is 0.328 e. The molecule has 2 N–H and O–H groups in total. The van der Waals surface area contributed by atoms with E-state index < -0.39 is 17.8 Å². The highest BCUT2D eigenvalue weighted by atomic mass is 79.9. The number of carbonyl (C=O) groups excluding carboxylic acids is 2. The predicted octanol–water partition coefficient (Wildman–Crippen LogP) is 2.34. The number of anilines is 1. The van der Waals surface area contributed by atoms with Crippen molar-refractivity contribution in [2.45, 2.75) is 25.3 Å². The van der Waals surface area contributed by atoms with Crippen molar-refractivity contribution in [2.75, 3.05) is 19.4 Å². The fraction of sp³-hybridized carbons (Fsp3) is 0.429. The Morgan fingerprint density at radius 2 is 2.14 bits per heavy atom. The molecule has 0 saturated carbocycles. The number of piperidine rings is 1. The fourth-order valence-electron chi connectivity index (χ4n) is 2.44. The second-order valence-electron chi connectivity index (χ2n) is 4.89. The molecule has 0 radical (unpaired) electrons. The van der Waals surface area contributed by atoms with Crippen molar-refractivity contribution in [1.29, 1.82) is 0 Å². The molecular weight excluding hydrogens is 343 g/mol. The van der Waals surface area contributed by atoms with E-state index in [-0.39, 0.29) is 17.2 Å². The molecule has 1 aliphatic rings. The lowest BCUT2D eigenvalue weighted by atomic mass is 10.0. The SMILES string of the molecule is COC(=O)C1CCCCN1C(=O)c1cc(N)c(F)cc1Br. The number of hydrogen-bond acceptors (Lipinski definition) is 4. The van der Waals surface area contributed by atoms with E-state index in [0.29, 0.717) is 17.4 Å². The van der Waals surface area contributed by atoms with Crippen molar-refractivity contribution in [3.05, 3.63) is 28.0 Å². The topological polar surface area (TPSA) is 72.6 Å². The number of likely N-dealkylation sites (tertiary alicyclic amines) is 1. The second-order valence-corrected chi connectivity index (χ2v) is 5.74. The molecule has 1 saturated heterocycles. The number of ether oxygens (including phenoxy) is 1. The van der Waals surface area contributed by atoms with Crippen LogP contribution in [0.2, 0.25) is 0 Å². The van der Waals surface area contributed by atoms with Crippen LogP contribution in [0.1, 0.15) is 29.6 Å². The summed E-state index contributed by atoms with van der Waals surface area (Å²) >= 11 is 3.16. The van der Waals surface area contributed by atoms with Crippen molar-refractivity contribution in [2.24, 2.45) is 0 Å². The molecule has 7 heteroatoms. The summed E-state index contributed by atoms with van der Waals surface area (Å²) in [5.74, 6) is -1.39. The Bertz CT molecular complexity index is 580. The van der Waals surface area contributed by atoms with Crippen LogP contribution in [0.15, 0.2) is 16.6 Å². The third kappa shape index (κ3) is 3.18. The largest absolute Gasteiger partial charge is 0.467 e. The lowest BCUT2D eigenvalue weighted by Crippen LogP contribution is -2.48. The van der Waals surface area contributed by atoms with E-state index in [1.165, 1.54) is 18.1 Å². The minimum atomic E-state index is -0.602. The molecule has 1 unspecified atom stereocenters. The third-order valence-corrected chi connectivity index (χ3v) is 4.21. The highest BCUT2D eigenvalue weighted by Crippen LogP contribution is 2.27. The second kappa shape index (κ2) is 6.43. The first-order valence-corrected chi connectivity index (χ1v) is 7.38. The zero-order valence-electron chi connectivity index (χ0n) is 11.6. The maximum atomic E-state index is 13.4. The Labute approximate surface area is 130 Å². The van der Waals surface area contributed by atoms with Crippen molar-refractivity contribution < 1.29 is 18.7 Å². The molecule has 2 rings (SSSR count). The normalized spacial score (nSPS) is 18.4. The summed E-state index contributed by atoms with van der Waals surface area (Å²) in [6.45, 7) is 0.461. The van der Waals surface area contributed by atoms with Crippen molar-refractivity contribution in [3.8, 4) is 0 Å². The number of methoxy groups -OCH3 is 1. The number of halogens is 2. The quantitative estimate of drug-likeness (QED) is 0.650. The molecule has 0 spiro atoms. The van der Waals surface area contributed by atoms with Crippen LogP contribution >= 0.6 is 15.9 Å². The van der Waals surface area contributed by atoms with Crippen LogP contribution in [0.5, 0.6) is 0 Å². The zero-order chi connectivity index (χ0) is 15.6. The first-order valence-electron chi connectivity index (χ1n) is 6.59. The molecule has 0 bridgehead atoms. The van der Waals surface area contributed by atoms with Crippen LogP contribution in [0.3, 0.4) is 0 Å². The standard InChI is InChI=1S/C14H16BrFN2O3/c1-21-14(20)12-4-2-3-5-18(12)13(19)8-6-11(17)10(16)7-9(8)15/h6-7,12H,2-5,17H2,1H3. The van der Waals surface area contributed by atoms with Crippen LogP contribution in [-0.4, -0.2) is 36.5 Å². The van der Waals surface area contributed by atoms with Gasteiger partial charge >= 0.3 is 5.97 Å². The lowest BCUT2D eigenvalue weighted by Gasteiger charge is -2.34. The Hall–Kier alpha value is -1.63. The molecule has 0 aromatic heterocycles. The summed E-state index contributed by atoms with van der Waals surface area (Å²) in [6.07, 6.45) is 2.23. The molecule has 1 fully saturated rings. The van der Waals surface area contributed by atoms with E-state index in [0.717, 1.165) is 18.9 Å². The summed E-state index contributed by atoms with van der Waals surface area (Å²) in [6, 6.07) is 1.83. The molecule has 1 aromatic carbocycles. The molecule has 0 aliphatic carbocycles. The number of hydrogen-bond donors (Lipinski definition) is 1. The lowest BCUT2D eigenvalue weighted by molar-refractivity contribution is -0.147. The number of nitrogen functional groups attached to an aromatic ring is 1. The average molecular weight is 359 g/mol. The van der Waals surface area contributed by atoms with Gasteiger partial charge in [-0.25, -0.2) is 9.18 Å². The number of esters is 1. The highest BCUT2D eigenvalue weighted by Gasteiger charge is 2.34. The molecular formula is C14H16BrFN2O3. The van der Waals surface area contributed by atoms with Crippen LogP contribution in [-0.2, 0) is 9.53 Å². The number of nitrogens with two attached hydrogens (primary N) is 1. The summed E-state index contributed by atoms with van der Waals surface area (Å²) in [5.41, 5.74) is 5.66. The van der Waals surface area contributed by atoms with Crippen molar-refractivity contribution >= 4 is 33.5 Å². The molecule has 21 heavy (non-hydrogen) atoms. The van der Waals surface area contributed by atoms with Crippen LogP contribution < -0.4 is 5.73 Å². The Balaban J connectivity index is 2.33. The highest BCUT2D eigenvalue weighted by molar-refractivity contribution is 9.10. The van der Waals surface area contributed by atoms with Gasteiger partial charge < -0.3 is 15.4 Å². The van der Waals surface area contributed by atoms with Gasteiger partial charge in [0.1, 0.15) is 11.9 Å². The van der Waals surface area contributed by atoms with Gasteiger partial charge in [0.15, 0.2) is 0 Å². The number of benzene rings is 1. The van der Waals surface area contributed by atoms with Crippen LogP contribution in [0.25, 0.3) is 0 Å². The number of nitrogens with zero attached hydrogens (tertiary/aromatic N) is 1. The van der Waals surface area contributed by atoms with E-state index >= 15 is 0 Å². The Morgan fingerprint density at radius 3 is 2.81 bits per heavy atom. The predicted molar refractivity (Wildman–Crippen MR) is 79.2 cm³/mol. The van der Waals surface area contributed by atoms with E-state index in [4.69, 9.17) is 10.5 Å². The Morgan fingerprint density at radius 1 is 1.43 bits per heavy atom. The van der Waals surface area contributed by atoms with E-state index in [2.05, 4.69) is 15.9 Å². The first kappa shape index (κ1) is 15.8. The summed E-state index contributed by atoms with van der Waals surface area (Å²) in [4.78, 5) is 25.9. The van der Waals surface area contributed by atoms with Crippen LogP contribution in [0, 0.1) is 5.82 Å². The minimum Gasteiger partial charge on any atom is -0.467 e. The molecule has 1 atom stereocenters. The van der Waals surface area contributed by atoms with Gasteiger partial charge in [0, 0.05) is 11.0 Å². The first-order chi connectivity index (χ1) is 9.95. The zero-order valence-corrected chi connectivity index (χ0v) is 13.2. The van der Waals surface area contributed by atoms with Gasteiger partial charge in [-0.1, -0.05) is 0 Å². The molecule has 1 heterocycles. The third-order valence-electron chi connectivity index (χ3n) is 3.55. The van der Waals surface area contributed by atoms with Gasteiger partial charge in [-0.15, -0.1) is 0 Å². The minimum absolute atomic E-state index is 0.104.